The van der Waals surface area contributed by atoms with Crippen LogP contribution in [0.5, 0.6) is 5.75 Å². The van der Waals surface area contributed by atoms with Crippen LogP contribution in [-0.4, -0.2) is 52.9 Å². The molecule has 3 rings (SSSR count). The van der Waals surface area contributed by atoms with E-state index in [2.05, 4.69) is 20.9 Å². The van der Waals surface area contributed by atoms with Crippen molar-refractivity contribution < 1.29 is 14.3 Å². The maximum Gasteiger partial charge on any atom is 0.318 e. The summed E-state index contributed by atoms with van der Waals surface area (Å²) in [5.41, 5.74) is 1.12. The summed E-state index contributed by atoms with van der Waals surface area (Å²) >= 11 is 0. The molecule has 1 saturated heterocycles. The number of nitrogens with one attached hydrogen (secondary N) is 1. The van der Waals surface area contributed by atoms with Crippen molar-refractivity contribution in [2.45, 2.75) is 51.9 Å². The number of rotatable bonds is 8. The molecule has 1 aliphatic heterocycles. The maximum atomic E-state index is 12.7. The van der Waals surface area contributed by atoms with Crippen LogP contribution in [0.2, 0.25) is 0 Å². The average molecular weight is 386 g/mol. The molecule has 1 N–H and O–H groups in total. The Labute approximate surface area is 166 Å². The fourth-order valence-corrected chi connectivity index (χ4v) is 3.37. The van der Waals surface area contributed by atoms with Gasteiger partial charge in [0.2, 0.25) is 0 Å². The van der Waals surface area contributed by atoms with Crippen LogP contribution in [0, 0.1) is 0 Å². The van der Waals surface area contributed by atoms with Gasteiger partial charge in [-0.2, -0.15) is 0 Å². The molecule has 0 radical (unpaired) electrons. The minimum atomic E-state index is -0.0820. The molecule has 2 aromatic rings. The van der Waals surface area contributed by atoms with E-state index < -0.39 is 0 Å². The van der Waals surface area contributed by atoms with E-state index in [0.29, 0.717) is 19.6 Å². The predicted octanol–water partition coefficient (Wildman–Crippen LogP) is 3.04. The van der Waals surface area contributed by atoms with Crippen molar-refractivity contribution >= 4 is 6.03 Å². The second kappa shape index (κ2) is 9.59. The molecule has 1 atom stereocenters. The van der Waals surface area contributed by atoms with Gasteiger partial charge in [0.15, 0.2) is 0 Å². The number of amides is 2. The number of hydrogen-bond acceptors (Lipinski definition) is 4. The lowest BCUT2D eigenvalue weighted by molar-refractivity contribution is 0.0782. The Hall–Kier alpha value is -2.54. The summed E-state index contributed by atoms with van der Waals surface area (Å²) in [6, 6.07) is 7.97. The van der Waals surface area contributed by atoms with Crippen molar-refractivity contribution in [3.8, 4) is 5.75 Å². The van der Waals surface area contributed by atoms with Crippen LogP contribution in [0.1, 0.15) is 38.1 Å². The Morgan fingerprint density at radius 1 is 1.46 bits per heavy atom. The number of hydrogen-bond donors (Lipinski definition) is 1. The normalized spacial score (nSPS) is 16.4. The molecule has 0 spiro atoms. The van der Waals surface area contributed by atoms with Gasteiger partial charge >= 0.3 is 6.03 Å². The molecule has 152 valence electrons. The van der Waals surface area contributed by atoms with Crippen LogP contribution in [0.25, 0.3) is 0 Å². The molecular weight excluding hydrogens is 356 g/mol. The molecule has 28 heavy (non-hydrogen) atoms. The van der Waals surface area contributed by atoms with Gasteiger partial charge in [-0.05, 0) is 44.4 Å². The highest BCUT2D eigenvalue weighted by Gasteiger charge is 2.24. The topological polar surface area (TPSA) is 68.6 Å². The first-order valence-corrected chi connectivity index (χ1v) is 9.85. The van der Waals surface area contributed by atoms with Gasteiger partial charge in [0.1, 0.15) is 11.6 Å². The van der Waals surface area contributed by atoms with E-state index >= 15 is 0 Å². The highest BCUT2D eigenvalue weighted by Crippen LogP contribution is 2.17. The minimum absolute atomic E-state index is 0.0797. The lowest BCUT2D eigenvalue weighted by Gasteiger charge is -2.26. The maximum absolute atomic E-state index is 12.7. The van der Waals surface area contributed by atoms with Crippen molar-refractivity contribution in [2.24, 2.45) is 0 Å². The number of imidazole rings is 1. The van der Waals surface area contributed by atoms with E-state index in [1.54, 1.807) is 18.2 Å². The Bertz CT molecular complexity index is 769. The zero-order valence-electron chi connectivity index (χ0n) is 16.9. The van der Waals surface area contributed by atoms with E-state index in [-0.39, 0.29) is 18.2 Å². The summed E-state index contributed by atoms with van der Waals surface area (Å²) in [7, 11) is 1.66. The second-order valence-corrected chi connectivity index (χ2v) is 7.44. The number of carbonyl (C=O) groups excluding carboxylic acids is 1. The van der Waals surface area contributed by atoms with Gasteiger partial charge in [0.05, 0.1) is 19.8 Å². The minimum Gasteiger partial charge on any atom is -0.497 e. The number of urea groups is 1. The second-order valence-electron chi connectivity index (χ2n) is 7.44. The molecule has 1 aromatic carbocycles. The van der Waals surface area contributed by atoms with Crippen LogP contribution in [0.4, 0.5) is 4.79 Å². The number of carbonyl (C=O) groups is 1. The summed E-state index contributed by atoms with van der Waals surface area (Å²) in [4.78, 5) is 19.0. The van der Waals surface area contributed by atoms with Gasteiger partial charge in [-0.3, -0.25) is 0 Å². The number of ether oxygens (including phenoxy) is 2. The molecule has 0 bridgehead atoms. The largest absolute Gasteiger partial charge is 0.497 e. The Balaban J connectivity index is 1.73. The van der Waals surface area contributed by atoms with Crippen LogP contribution < -0.4 is 10.1 Å². The SMILES string of the molecule is COc1cccc(Cn2ccnc2CN(C[C@@H]2CCCO2)C(=O)NC(C)C)c1. The van der Waals surface area contributed by atoms with Crippen molar-refractivity contribution in [1.29, 1.82) is 0 Å². The van der Waals surface area contributed by atoms with E-state index in [1.807, 2.05) is 38.2 Å². The fraction of sp³-hybridized carbons (Fsp3) is 0.524. The molecule has 1 aromatic heterocycles. The fourth-order valence-electron chi connectivity index (χ4n) is 3.37. The van der Waals surface area contributed by atoms with Gasteiger partial charge in [-0.1, -0.05) is 12.1 Å². The quantitative estimate of drug-likeness (QED) is 0.757. The third-order valence-electron chi connectivity index (χ3n) is 4.77. The summed E-state index contributed by atoms with van der Waals surface area (Å²) in [5, 5.41) is 2.99. The van der Waals surface area contributed by atoms with Crippen LogP contribution in [0.15, 0.2) is 36.7 Å². The van der Waals surface area contributed by atoms with Crippen LogP contribution in [0.3, 0.4) is 0 Å². The molecule has 1 aliphatic rings. The van der Waals surface area contributed by atoms with Gasteiger partial charge in [-0.15, -0.1) is 0 Å². The van der Waals surface area contributed by atoms with Crippen LogP contribution >= 0.6 is 0 Å². The number of methoxy groups -OCH3 is 1. The number of nitrogens with zero attached hydrogens (tertiary/aromatic N) is 3. The monoisotopic (exact) mass is 386 g/mol. The van der Waals surface area contributed by atoms with E-state index in [0.717, 1.165) is 36.6 Å². The highest BCUT2D eigenvalue weighted by molar-refractivity contribution is 5.74. The zero-order valence-corrected chi connectivity index (χ0v) is 16.9. The molecule has 0 aliphatic carbocycles. The summed E-state index contributed by atoms with van der Waals surface area (Å²) in [6.07, 6.45) is 5.86. The van der Waals surface area contributed by atoms with Crippen molar-refractivity contribution in [1.82, 2.24) is 19.8 Å². The first-order chi connectivity index (χ1) is 13.5. The Morgan fingerprint density at radius 3 is 3.04 bits per heavy atom. The van der Waals surface area contributed by atoms with Gasteiger partial charge in [0.25, 0.3) is 0 Å². The third kappa shape index (κ3) is 5.48. The lowest BCUT2D eigenvalue weighted by Crippen LogP contribution is -2.46. The Morgan fingerprint density at radius 2 is 2.32 bits per heavy atom. The number of aromatic nitrogens is 2. The zero-order chi connectivity index (χ0) is 19.9. The van der Waals surface area contributed by atoms with Gasteiger partial charge in [-0.25, -0.2) is 9.78 Å². The lowest BCUT2D eigenvalue weighted by atomic mass is 10.2. The molecule has 1 fully saturated rings. The van der Waals surface area contributed by atoms with Gasteiger partial charge < -0.3 is 24.3 Å². The van der Waals surface area contributed by atoms with Crippen molar-refractivity contribution in [3.63, 3.8) is 0 Å². The van der Waals surface area contributed by atoms with Crippen LogP contribution in [-0.2, 0) is 17.8 Å². The van der Waals surface area contributed by atoms with E-state index in [4.69, 9.17) is 9.47 Å². The van der Waals surface area contributed by atoms with Crippen molar-refractivity contribution in [3.05, 3.63) is 48.0 Å². The van der Waals surface area contributed by atoms with E-state index in [9.17, 15) is 4.79 Å². The smallest absolute Gasteiger partial charge is 0.318 e. The molecule has 7 heteroatoms. The Kier molecular flexibility index (Phi) is 6.92. The summed E-state index contributed by atoms with van der Waals surface area (Å²) < 4.78 is 13.1. The first kappa shape index (κ1) is 20.2. The first-order valence-electron chi connectivity index (χ1n) is 9.85. The third-order valence-corrected chi connectivity index (χ3v) is 4.77. The standard InChI is InChI=1S/C21H30N4O3/c1-16(2)23-21(26)25(14-19-8-5-11-28-19)15-20-22-9-10-24(20)13-17-6-4-7-18(12-17)27-3/h4,6-7,9-10,12,16,19H,5,8,11,13-15H2,1-3H3,(H,23,26)/t19-/m0/s1. The molecular formula is C21H30N4O3. The summed E-state index contributed by atoms with van der Waals surface area (Å²) in [6.45, 7) is 6.39. The molecule has 2 heterocycles. The predicted molar refractivity (Wildman–Crippen MR) is 107 cm³/mol. The molecule has 0 unspecified atom stereocenters. The van der Waals surface area contributed by atoms with E-state index in [1.165, 1.54) is 0 Å². The average Bonchev–Trinajstić information content (AvgIpc) is 3.33. The summed E-state index contributed by atoms with van der Waals surface area (Å²) in [5.74, 6) is 1.68. The molecule has 2 amide bonds. The molecule has 0 saturated carbocycles. The number of benzene rings is 1. The highest BCUT2D eigenvalue weighted by atomic mass is 16.5. The van der Waals surface area contributed by atoms with Gasteiger partial charge in [0, 0.05) is 38.1 Å². The van der Waals surface area contributed by atoms with Crippen molar-refractivity contribution in [2.75, 3.05) is 20.3 Å². The molecule has 7 nitrogen and oxygen atoms in total.